The molecule has 1 fully saturated rings. The van der Waals surface area contributed by atoms with Gasteiger partial charge in [0.1, 0.15) is 5.92 Å². The number of hydrogen-bond donors (Lipinski definition) is 2. The molecule has 1 aromatic carbocycles. The Labute approximate surface area is 140 Å². The summed E-state index contributed by atoms with van der Waals surface area (Å²) in [5.74, 6) is -1.71. The van der Waals surface area contributed by atoms with E-state index in [9.17, 15) is 18.0 Å². The van der Waals surface area contributed by atoms with Crippen LogP contribution in [0.2, 0.25) is 0 Å². The van der Waals surface area contributed by atoms with Crippen molar-refractivity contribution in [3.8, 4) is 0 Å². The van der Waals surface area contributed by atoms with Gasteiger partial charge in [0.2, 0.25) is 21.8 Å². The van der Waals surface area contributed by atoms with E-state index in [-0.39, 0.29) is 4.90 Å². The van der Waals surface area contributed by atoms with E-state index in [1.165, 1.54) is 29.4 Å². The Morgan fingerprint density at radius 1 is 1.00 bits per heavy atom. The minimum absolute atomic E-state index is 0.106. The van der Waals surface area contributed by atoms with Crippen LogP contribution in [0.25, 0.3) is 0 Å². The van der Waals surface area contributed by atoms with E-state index in [1.54, 1.807) is 0 Å². The summed E-state index contributed by atoms with van der Waals surface area (Å²) >= 11 is 0. The van der Waals surface area contributed by atoms with Crippen LogP contribution >= 0.6 is 0 Å². The van der Waals surface area contributed by atoms with Gasteiger partial charge in [-0.1, -0.05) is 0 Å². The van der Waals surface area contributed by atoms with Crippen molar-refractivity contribution in [3.63, 3.8) is 0 Å². The summed E-state index contributed by atoms with van der Waals surface area (Å²) in [7, 11) is -1.68. The average molecular weight is 352 g/mol. The summed E-state index contributed by atoms with van der Waals surface area (Å²) in [6, 6.07) is 4.36. The Kier molecular flexibility index (Phi) is 4.33. The minimum atomic E-state index is -3.63. The number of hydrogen-bond acceptors (Lipinski definition) is 5. The molecule has 2 aliphatic rings. The molecule has 1 unspecified atom stereocenters. The van der Waals surface area contributed by atoms with Gasteiger partial charge in [0, 0.05) is 26.2 Å². The van der Waals surface area contributed by atoms with Crippen molar-refractivity contribution in [1.82, 2.24) is 9.21 Å². The summed E-state index contributed by atoms with van der Waals surface area (Å²) < 4.78 is 27.0. The van der Waals surface area contributed by atoms with Gasteiger partial charge in [0.25, 0.3) is 0 Å². The van der Waals surface area contributed by atoms with E-state index in [0.717, 1.165) is 0 Å². The number of rotatable bonds is 2. The second-order valence-electron chi connectivity index (χ2n) is 6.11. The van der Waals surface area contributed by atoms with Gasteiger partial charge >= 0.3 is 0 Å². The fraction of sp³-hybridized carbons (Fsp3) is 0.467. The molecule has 2 N–H and O–H groups in total. The number of amides is 2. The molecule has 8 nitrogen and oxygen atoms in total. The fourth-order valence-corrected chi connectivity index (χ4v) is 4.12. The molecule has 3 rings (SSSR count). The van der Waals surface area contributed by atoms with Crippen LogP contribution in [0.4, 0.5) is 11.4 Å². The number of nitrogens with zero attached hydrogens (tertiary/aromatic N) is 2. The topological polar surface area (TPSA) is 98.8 Å². The maximum atomic E-state index is 12.8. The van der Waals surface area contributed by atoms with E-state index in [4.69, 9.17) is 0 Å². The van der Waals surface area contributed by atoms with Gasteiger partial charge < -0.3 is 15.5 Å². The smallest absolute Gasteiger partial charge is 0.243 e. The molecule has 0 radical (unpaired) electrons. The van der Waals surface area contributed by atoms with Gasteiger partial charge in [-0.25, -0.2) is 8.42 Å². The first kappa shape index (κ1) is 16.9. The number of fused-ring (bicyclic) bond motifs is 1. The summed E-state index contributed by atoms with van der Waals surface area (Å²) in [4.78, 5) is 26.0. The lowest BCUT2D eigenvalue weighted by Gasteiger charge is -2.31. The highest BCUT2D eigenvalue weighted by molar-refractivity contribution is 7.89. The Morgan fingerprint density at radius 2 is 1.58 bits per heavy atom. The molecular formula is C15H20N4O4S. The second kappa shape index (κ2) is 6.15. The Balaban J connectivity index is 1.92. The highest BCUT2D eigenvalue weighted by Gasteiger charge is 2.30. The molecule has 0 aromatic heterocycles. The average Bonchev–Trinajstić information content (AvgIpc) is 2.65. The van der Waals surface area contributed by atoms with Gasteiger partial charge in [-0.2, -0.15) is 4.31 Å². The number of piperazine rings is 1. The van der Waals surface area contributed by atoms with E-state index in [2.05, 4.69) is 15.5 Å². The lowest BCUT2D eigenvalue weighted by Crippen LogP contribution is -2.47. The van der Waals surface area contributed by atoms with E-state index >= 15 is 0 Å². The number of sulfonamides is 1. The molecule has 1 aromatic rings. The summed E-state index contributed by atoms with van der Waals surface area (Å²) in [6.45, 7) is 3.70. The number of carbonyl (C=O) groups is 2. The molecule has 2 amide bonds. The van der Waals surface area contributed by atoms with Crippen molar-refractivity contribution in [2.75, 3.05) is 43.9 Å². The van der Waals surface area contributed by atoms with Crippen LogP contribution in [0, 0.1) is 5.92 Å². The summed E-state index contributed by atoms with van der Waals surface area (Å²) in [6.07, 6.45) is 0. The lowest BCUT2D eigenvalue weighted by atomic mass is 10.1. The molecule has 0 saturated carbocycles. The third-order valence-electron chi connectivity index (χ3n) is 4.39. The first-order valence-corrected chi connectivity index (χ1v) is 9.17. The number of anilines is 2. The van der Waals surface area contributed by atoms with Crippen LogP contribution in [-0.4, -0.2) is 62.7 Å². The maximum Gasteiger partial charge on any atom is 0.243 e. The zero-order valence-electron chi connectivity index (χ0n) is 13.6. The Hall–Kier alpha value is -1.97. The summed E-state index contributed by atoms with van der Waals surface area (Å²) in [5.41, 5.74) is 0.697. The highest BCUT2D eigenvalue weighted by Crippen LogP contribution is 2.30. The number of carbonyl (C=O) groups excluding carboxylic acids is 2. The van der Waals surface area contributed by atoms with Crippen molar-refractivity contribution in [1.29, 1.82) is 0 Å². The predicted octanol–water partition coefficient (Wildman–Crippen LogP) is 0.149. The van der Waals surface area contributed by atoms with Crippen molar-refractivity contribution >= 4 is 33.2 Å². The highest BCUT2D eigenvalue weighted by atomic mass is 32.2. The lowest BCUT2D eigenvalue weighted by molar-refractivity contribution is -0.128. The van der Waals surface area contributed by atoms with Gasteiger partial charge in [0.05, 0.1) is 16.3 Å². The number of benzene rings is 1. The molecule has 9 heteroatoms. The van der Waals surface area contributed by atoms with Crippen LogP contribution < -0.4 is 10.6 Å². The monoisotopic (exact) mass is 352 g/mol. The molecule has 0 spiro atoms. The molecule has 24 heavy (non-hydrogen) atoms. The van der Waals surface area contributed by atoms with Gasteiger partial charge in [-0.05, 0) is 32.2 Å². The van der Waals surface area contributed by atoms with Crippen molar-refractivity contribution < 1.29 is 18.0 Å². The quantitative estimate of drug-likeness (QED) is 0.738. The first-order valence-electron chi connectivity index (χ1n) is 7.73. The molecular weight excluding hydrogens is 332 g/mol. The Morgan fingerprint density at radius 3 is 2.21 bits per heavy atom. The van der Waals surface area contributed by atoms with Crippen LogP contribution in [0.5, 0.6) is 0 Å². The second-order valence-corrected chi connectivity index (χ2v) is 8.05. The first-order chi connectivity index (χ1) is 11.3. The van der Waals surface area contributed by atoms with Crippen LogP contribution in [0.3, 0.4) is 0 Å². The van der Waals surface area contributed by atoms with Crippen molar-refractivity contribution in [3.05, 3.63) is 18.2 Å². The molecule has 1 saturated heterocycles. The third kappa shape index (κ3) is 3.02. The van der Waals surface area contributed by atoms with Crippen LogP contribution in [0.1, 0.15) is 6.92 Å². The normalized spacial score (nSPS) is 23.2. The van der Waals surface area contributed by atoms with E-state index in [0.29, 0.717) is 37.6 Å². The Bertz CT molecular complexity index is 785. The van der Waals surface area contributed by atoms with Crippen molar-refractivity contribution in [2.24, 2.45) is 5.92 Å². The molecule has 0 bridgehead atoms. The minimum Gasteiger partial charge on any atom is -0.324 e. The zero-order chi connectivity index (χ0) is 17.5. The third-order valence-corrected chi connectivity index (χ3v) is 6.29. The largest absolute Gasteiger partial charge is 0.324 e. The van der Waals surface area contributed by atoms with Gasteiger partial charge in [0.15, 0.2) is 0 Å². The predicted molar refractivity (Wildman–Crippen MR) is 89.1 cm³/mol. The fourth-order valence-electron chi connectivity index (χ4n) is 2.67. The summed E-state index contributed by atoms with van der Waals surface area (Å²) in [5, 5.41) is 5.24. The molecule has 2 aliphatic heterocycles. The molecule has 0 aliphatic carbocycles. The standard InChI is InChI=1S/C15H20N4O4S/c1-10-14(20)16-12-4-3-11(9-13(12)17-15(10)21)24(22,23)19-7-5-18(2)6-8-19/h3-4,9-10H,5-8H2,1-2H3,(H,16,20)(H,17,21). The SMILES string of the molecule is CC1C(=O)Nc2ccc(S(=O)(=O)N3CCN(C)CC3)cc2NC1=O. The number of likely N-dealkylation sites (N-methyl/N-ethyl adjacent to an activating group) is 1. The molecule has 2 heterocycles. The van der Waals surface area contributed by atoms with Crippen molar-refractivity contribution in [2.45, 2.75) is 11.8 Å². The van der Waals surface area contributed by atoms with Gasteiger partial charge in [-0.15, -0.1) is 0 Å². The molecule has 130 valence electrons. The maximum absolute atomic E-state index is 12.8. The van der Waals surface area contributed by atoms with Gasteiger partial charge in [-0.3, -0.25) is 9.59 Å². The van der Waals surface area contributed by atoms with Crippen LogP contribution in [-0.2, 0) is 19.6 Å². The molecule has 1 atom stereocenters. The zero-order valence-corrected chi connectivity index (χ0v) is 14.4. The van der Waals surface area contributed by atoms with Crippen LogP contribution in [0.15, 0.2) is 23.1 Å². The van der Waals surface area contributed by atoms with E-state index < -0.39 is 27.8 Å². The number of nitrogens with one attached hydrogen (secondary N) is 2. The van der Waals surface area contributed by atoms with E-state index in [1.807, 2.05) is 7.05 Å².